The SMILES string of the molecule is CCC(C)(NC(=O)c1cc(C2CC2)no1)C(=O)O. The number of hydrogen-bond acceptors (Lipinski definition) is 4. The summed E-state index contributed by atoms with van der Waals surface area (Å²) in [4.78, 5) is 23.0. The number of carboxylic acids is 1. The number of hydrogen-bond donors (Lipinski definition) is 2. The molecular weight excluding hydrogens is 236 g/mol. The fourth-order valence-electron chi connectivity index (χ4n) is 1.57. The second kappa shape index (κ2) is 4.44. The first-order valence-electron chi connectivity index (χ1n) is 5.99. The molecule has 1 unspecified atom stereocenters. The van der Waals surface area contributed by atoms with Crippen molar-refractivity contribution in [2.24, 2.45) is 0 Å². The largest absolute Gasteiger partial charge is 0.480 e. The normalized spacial score (nSPS) is 18.1. The molecule has 1 saturated carbocycles. The zero-order valence-corrected chi connectivity index (χ0v) is 10.4. The van der Waals surface area contributed by atoms with Crippen LogP contribution in [0.4, 0.5) is 0 Å². The van der Waals surface area contributed by atoms with Gasteiger partial charge in [0.25, 0.3) is 5.91 Å². The van der Waals surface area contributed by atoms with E-state index in [1.807, 2.05) is 0 Å². The molecule has 0 aliphatic heterocycles. The van der Waals surface area contributed by atoms with Crippen LogP contribution in [0, 0.1) is 0 Å². The number of aliphatic carboxylic acids is 1. The van der Waals surface area contributed by atoms with Gasteiger partial charge in [0, 0.05) is 12.0 Å². The van der Waals surface area contributed by atoms with Crippen molar-refractivity contribution < 1.29 is 19.2 Å². The lowest BCUT2D eigenvalue weighted by atomic mass is 9.99. The van der Waals surface area contributed by atoms with Crippen LogP contribution in [0.1, 0.15) is 55.3 Å². The van der Waals surface area contributed by atoms with Gasteiger partial charge in [0.1, 0.15) is 5.54 Å². The van der Waals surface area contributed by atoms with Gasteiger partial charge in [-0.05, 0) is 26.2 Å². The summed E-state index contributed by atoms with van der Waals surface area (Å²) >= 11 is 0. The lowest BCUT2D eigenvalue weighted by molar-refractivity contribution is -0.143. The molecule has 1 atom stereocenters. The third-order valence-corrected chi connectivity index (χ3v) is 3.32. The van der Waals surface area contributed by atoms with Gasteiger partial charge in [0.05, 0.1) is 5.69 Å². The average Bonchev–Trinajstić information content (AvgIpc) is 3.06. The summed E-state index contributed by atoms with van der Waals surface area (Å²) in [5, 5.41) is 15.3. The number of carboxylic acid groups (broad SMARTS) is 1. The fraction of sp³-hybridized carbons (Fsp3) is 0.583. The molecule has 1 aromatic rings. The smallest absolute Gasteiger partial charge is 0.329 e. The number of carbonyl (C=O) groups is 2. The van der Waals surface area contributed by atoms with Gasteiger partial charge in [-0.15, -0.1) is 0 Å². The predicted molar refractivity (Wildman–Crippen MR) is 62.3 cm³/mol. The van der Waals surface area contributed by atoms with E-state index in [1.165, 1.54) is 6.92 Å². The predicted octanol–water partition coefficient (Wildman–Crippen LogP) is 1.54. The monoisotopic (exact) mass is 252 g/mol. The van der Waals surface area contributed by atoms with E-state index >= 15 is 0 Å². The van der Waals surface area contributed by atoms with E-state index in [9.17, 15) is 9.59 Å². The van der Waals surface area contributed by atoms with Gasteiger partial charge >= 0.3 is 5.97 Å². The van der Waals surface area contributed by atoms with Crippen molar-refractivity contribution in [3.8, 4) is 0 Å². The van der Waals surface area contributed by atoms with Crippen molar-refractivity contribution in [3.05, 3.63) is 17.5 Å². The molecule has 1 aromatic heterocycles. The number of carbonyl (C=O) groups excluding carboxylic acids is 1. The van der Waals surface area contributed by atoms with Crippen LogP contribution in [-0.2, 0) is 4.79 Å². The first-order chi connectivity index (χ1) is 8.46. The summed E-state index contributed by atoms with van der Waals surface area (Å²) in [5.74, 6) is -1.15. The van der Waals surface area contributed by atoms with Crippen LogP contribution in [0.25, 0.3) is 0 Å². The minimum atomic E-state index is -1.29. The number of nitrogens with zero attached hydrogens (tertiary/aromatic N) is 1. The zero-order chi connectivity index (χ0) is 13.3. The van der Waals surface area contributed by atoms with Crippen LogP contribution in [0.2, 0.25) is 0 Å². The summed E-state index contributed by atoms with van der Waals surface area (Å²) in [6.07, 6.45) is 2.42. The molecule has 0 spiro atoms. The molecule has 1 fully saturated rings. The van der Waals surface area contributed by atoms with Crippen LogP contribution in [-0.4, -0.2) is 27.7 Å². The number of amides is 1. The highest BCUT2D eigenvalue weighted by Crippen LogP contribution is 2.39. The third kappa shape index (κ3) is 2.37. The van der Waals surface area contributed by atoms with Gasteiger partial charge in [-0.3, -0.25) is 4.79 Å². The molecule has 0 bridgehead atoms. The maximum absolute atomic E-state index is 11.9. The summed E-state index contributed by atoms with van der Waals surface area (Å²) in [5.41, 5.74) is -0.516. The molecule has 6 heteroatoms. The van der Waals surface area contributed by atoms with Crippen LogP contribution in [0.15, 0.2) is 10.6 Å². The van der Waals surface area contributed by atoms with Crippen molar-refractivity contribution in [2.45, 2.75) is 44.6 Å². The Morgan fingerprint density at radius 1 is 1.61 bits per heavy atom. The van der Waals surface area contributed by atoms with E-state index in [-0.39, 0.29) is 12.2 Å². The molecule has 1 heterocycles. The van der Waals surface area contributed by atoms with Crippen molar-refractivity contribution in [1.82, 2.24) is 10.5 Å². The molecule has 0 radical (unpaired) electrons. The van der Waals surface area contributed by atoms with E-state index in [0.717, 1.165) is 18.5 Å². The molecule has 1 amide bonds. The number of aromatic nitrogens is 1. The van der Waals surface area contributed by atoms with E-state index in [1.54, 1.807) is 13.0 Å². The Kier molecular flexibility index (Phi) is 3.11. The highest BCUT2D eigenvalue weighted by molar-refractivity contribution is 5.95. The molecule has 0 aromatic carbocycles. The summed E-state index contributed by atoms with van der Waals surface area (Å²) < 4.78 is 4.94. The number of nitrogens with one attached hydrogen (secondary N) is 1. The molecule has 18 heavy (non-hydrogen) atoms. The summed E-state index contributed by atoms with van der Waals surface area (Å²) in [6.45, 7) is 3.16. The molecule has 1 aliphatic rings. The zero-order valence-electron chi connectivity index (χ0n) is 10.4. The Balaban J connectivity index is 2.08. The highest BCUT2D eigenvalue weighted by Gasteiger charge is 2.35. The van der Waals surface area contributed by atoms with Crippen molar-refractivity contribution >= 4 is 11.9 Å². The molecule has 98 valence electrons. The lowest BCUT2D eigenvalue weighted by Crippen LogP contribution is -2.51. The van der Waals surface area contributed by atoms with E-state index in [2.05, 4.69) is 10.5 Å². The minimum absolute atomic E-state index is 0.0674. The molecular formula is C12H16N2O4. The Bertz CT molecular complexity index is 478. The van der Waals surface area contributed by atoms with Crippen LogP contribution in [0.3, 0.4) is 0 Å². The Morgan fingerprint density at radius 2 is 2.28 bits per heavy atom. The summed E-state index contributed by atoms with van der Waals surface area (Å²) in [7, 11) is 0. The van der Waals surface area contributed by atoms with E-state index < -0.39 is 17.4 Å². The first kappa shape index (κ1) is 12.6. The van der Waals surface area contributed by atoms with Gasteiger partial charge in [-0.25, -0.2) is 4.79 Å². The van der Waals surface area contributed by atoms with Crippen molar-refractivity contribution in [2.75, 3.05) is 0 Å². The van der Waals surface area contributed by atoms with Gasteiger partial charge < -0.3 is 14.9 Å². The fourth-order valence-corrected chi connectivity index (χ4v) is 1.57. The standard InChI is InChI=1S/C12H16N2O4/c1-3-12(2,11(16)17)13-10(15)9-6-8(14-18-9)7-4-5-7/h6-7H,3-5H2,1-2H3,(H,13,15)(H,16,17). The van der Waals surface area contributed by atoms with Gasteiger partial charge in [0.15, 0.2) is 0 Å². The highest BCUT2D eigenvalue weighted by atomic mass is 16.5. The quantitative estimate of drug-likeness (QED) is 0.829. The van der Waals surface area contributed by atoms with Gasteiger partial charge in [-0.2, -0.15) is 0 Å². The maximum atomic E-state index is 11.9. The Labute approximate surface area is 104 Å². The van der Waals surface area contributed by atoms with Crippen LogP contribution < -0.4 is 5.32 Å². The maximum Gasteiger partial charge on any atom is 0.329 e. The van der Waals surface area contributed by atoms with Crippen LogP contribution in [0.5, 0.6) is 0 Å². The molecule has 0 saturated heterocycles. The Hall–Kier alpha value is -1.85. The molecule has 6 nitrogen and oxygen atoms in total. The lowest BCUT2D eigenvalue weighted by Gasteiger charge is -2.23. The van der Waals surface area contributed by atoms with Crippen molar-refractivity contribution in [3.63, 3.8) is 0 Å². The van der Waals surface area contributed by atoms with Crippen molar-refractivity contribution in [1.29, 1.82) is 0 Å². The average molecular weight is 252 g/mol. The summed E-state index contributed by atoms with van der Waals surface area (Å²) in [6, 6.07) is 1.59. The second-order valence-corrected chi connectivity index (χ2v) is 4.84. The van der Waals surface area contributed by atoms with Gasteiger partial charge in [-0.1, -0.05) is 12.1 Å². The van der Waals surface area contributed by atoms with Gasteiger partial charge in [0.2, 0.25) is 5.76 Å². The molecule has 2 N–H and O–H groups in total. The third-order valence-electron chi connectivity index (χ3n) is 3.32. The van der Waals surface area contributed by atoms with Crippen LogP contribution >= 0.6 is 0 Å². The number of rotatable bonds is 5. The first-order valence-corrected chi connectivity index (χ1v) is 5.99. The second-order valence-electron chi connectivity index (χ2n) is 4.84. The minimum Gasteiger partial charge on any atom is -0.480 e. The molecule has 2 rings (SSSR count). The molecule has 1 aliphatic carbocycles. The van der Waals surface area contributed by atoms with E-state index in [0.29, 0.717) is 5.92 Å². The Morgan fingerprint density at radius 3 is 2.78 bits per heavy atom. The van der Waals surface area contributed by atoms with E-state index in [4.69, 9.17) is 9.63 Å². The topological polar surface area (TPSA) is 92.4 Å².